The van der Waals surface area contributed by atoms with Crippen molar-refractivity contribution in [3.63, 3.8) is 0 Å². The average Bonchev–Trinajstić information content (AvgIpc) is 3.58. The van der Waals surface area contributed by atoms with Gasteiger partial charge in [0.25, 0.3) is 0 Å². The van der Waals surface area contributed by atoms with Gasteiger partial charge in [-0.1, -0.05) is 127 Å². The first-order valence-electron chi connectivity index (χ1n) is 20.5. The number of fused-ring (bicyclic) bond motifs is 3. The first-order chi connectivity index (χ1) is 29.4. The van der Waals surface area contributed by atoms with Crippen molar-refractivity contribution in [1.29, 1.82) is 0 Å². The molecule has 0 N–H and O–H groups in total. The molecule has 0 atom stereocenters. The van der Waals surface area contributed by atoms with Crippen LogP contribution in [0.2, 0.25) is 0 Å². The van der Waals surface area contributed by atoms with Crippen molar-refractivity contribution < 1.29 is 0 Å². The van der Waals surface area contributed by atoms with Crippen LogP contribution in [0.15, 0.2) is 194 Å². The molecule has 0 saturated carbocycles. The summed E-state index contributed by atoms with van der Waals surface area (Å²) in [7, 11) is 8.28. The van der Waals surface area contributed by atoms with Crippen molar-refractivity contribution in [2.45, 2.75) is 5.41 Å². The fourth-order valence-electron chi connectivity index (χ4n) is 8.50. The van der Waals surface area contributed by atoms with Gasteiger partial charge in [0, 0.05) is 62.8 Å². The molecular formula is C56H48N4. The molecule has 292 valence electrons. The molecule has 0 bridgehead atoms. The van der Waals surface area contributed by atoms with Crippen LogP contribution in [0.5, 0.6) is 0 Å². The number of nitrogens with zero attached hydrogens (tertiary/aromatic N) is 4. The zero-order valence-electron chi connectivity index (χ0n) is 34.6. The van der Waals surface area contributed by atoms with Gasteiger partial charge in [0.15, 0.2) is 0 Å². The second kappa shape index (κ2) is 16.4. The van der Waals surface area contributed by atoms with E-state index < -0.39 is 5.41 Å². The average molecular weight is 777 g/mol. The van der Waals surface area contributed by atoms with Gasteiger partial charge in [0.05, 0.1) is 11.1 Å². The molecule has 1 heterocycles. The smallest absolute Gasteiger partial charge is 0.0886 e. The highest BCUT2D eigenvalue weighted by molar-refractivity contribution is 5.89. The van der Waals surface area contributed by atoms with E-state index in [2.05, 4.69) is 249 Å². The monoisotopic (exact) mass is 776 g/mol. The minimum atomic E-state index is -0.691. The summed E-state index contributed by atoms with van der Waals surface area (Å²) in [5, 5.41) is 0. The summed E-state index contributed by atoms with van der Waals surface area (Å²) in [5.74, 6) is 0. The Bertz CT molecular complexity index is 2620. The van der Waals surface area contributed by atoms with Crippen LogP contribution < -0.4 is 14.7 Å². The summed E-state index contributed by atoms with van der Waals surface area (Å²) >= 11 is 0. The van der Waals surface area contributed by atoms with Gasteiger partial charge in [-0.15, -0.1) is 0 Å². The molecule has 1 aliphatic carbocycles. The highest BCUT2D eigenvalue weighted by Gasteiger charge is 2.47. The molecular weight excluding hydrogens is 729 g/mol. The van der Waals surface area contributed by atoms with E-state index >= 15 is 0 Å². The molecule has 4 heteroatoms. The fraction of sp³-hybridized carbons (Fsp3) is 0.0893. The van der Waals surface area contributed by atoms with E-state index in [9.17, 15) is 0 Å². The molecule has 4 nitrogen and oxygen atoms in total. The molecule has 60 heavy (non-hydrogen) atoms. The fourth-order valence-corrected chi connectivity index (χ4v) is 8.50. The maximum atomic E-state index is 5.20. The molecule has 0 saturated heterocycles. The van der Waals surface area contributed by atoms with Crippen LogP contribution in [-0.4, -0.2) is 33.2 Å². The molecule has 8 aromatic rings. The van der Waals surface area contributed by atoms with Gasteiger partial charge >= 0.3 is 0 Å². The summed E-state index contributed by atoms with van der Waals surface area (Å²) < 4.78 is 0. The number of rotatable bonds is 11. The number of hydrogen-bond donors (Lipinski definition) is 0. The first kappa shape index (κ1) is 38.1. The van der Waals surface area contributed by atoms with Gasteiger partial charge in [0.2, 0.25) is 0 Å². The molecule has 0 spiro atoms. The summed E-state index contributed by atoms with van der Waals surface area (Å²) in [6.45, 7) is 0. The molecule has 0 amide bonds. The van der Waals surface area contributed by atoms with E-state index in [0.29, 0.717) is 0 Å². The largest absolute Gasteiger partial charge is 0.378 e. The topological polar surface area (TPSA) is 22.6 Å². The Morgan fingerprint density at radius 3 is 1.22 bits per heavy atom. The lowest BCUT2D eigenvalue weighted by atomic mass is 9.69. The number of pyridine rings is 1. The third-order valence-electron chi connectivity index (χ3n) is 11.6. The summed E-state index contributed by atoms with van der Waals surface area (Å²) in [5.41, 5.74) is 16.6. The molecule has 1 aromatic heterocycles. The molecule has 7 aromatic carbocycles. The van der Waals surface area contributed by atoms with Crippen LogP contribution in [0.25, 0.3) is 35.4 Å². The van der Waals surface area contributed by atoms with Crippen molar-refractivity contribution in [1.82, 2.24) is 4.98 Å². The van der Waals surface area contributed by atoms with Gasteiger partial charge < -0.3 is 14.7 Å². The third kappa shape index (κ3) is 7.29. The van der Waals surface area contributed by atoms with Gasteiger partial charge in [-0.25, -0.2) is 0 Å². The molecule has 9 rings (SSSR count). The van der Waals surface area contributed by atoms with Crippen LogP contribution in [-0.2, 0) is 5.41 Å². The van der Waals surface area contributed by atoms with Gasteiger partial charge in [-0.05, 0) is 135 Å². The number of para-hydroxylation sites is 2. The maximum absolute atomic E-state index is 5.20. The Balaban J connectivity index is 1.21. The number of hydrogen-bond acceptors (Lipinski definition) is 4. The quantitative estimate of drug-likeness (QED) is 0.122. The second-order valence-electron chi connectivity index (χ2n) is 15.8. The van der Waals surface area contributed by atoms with Crippen molar-refractivity contribution in [3.8, 4) is 11.1 Å². The molecule has 0 unspecified atom stereocenters. The lowest BCUT2D eigenvalue weighted by Gasteiger charge is -2.33. The van der Waals surface area contributed by atoms with Crippen LogP contribution in [0, 0.1) is 0 Å². The highest BCUT2D eigenvalue weighted by Crippen LogP contribution is 2.56. The SMILES string of the molecule is CN(C)c1ccc(/C=C/c2ccc3c(c2)C(c2ccc(N(c4ccccc4)c4ccccc4)cc2)(c2ccccn2)c2cc(/C=C/c4ccc(N(C)C)cc4)ccc2-3)cc1. The van der Waals surface area contributed by atoms with Crippen LogP contribution in [0.4, 0.5) is 28.4 Å². The third-order valence-corrected chi connectivity index (χ3v) is 11.6. The zero-order chi connectivity index (χ0) is 41.1. The highest BCUT2D eigenvalue weighted by atomic mass is 15.1. The lowest BCUT2D eigenvalue weighted by molar-refractivity contribution is 0.734. The van der Waals surface area contributed by atoms with E-state index in [-0.39, 0.29) is 0 Å². The Kier molecular flexibility index (Phi) is 10.4. The van der Waals surface area contributed by atoms with Crippen LogP contribution in [0.3, 0.4) is 0 Å². The predicted octanol–water partition coefficient (Wildman–Crippen LogP) is 13.4. The van der Waals surface area contributed by atoms with E-state index in [1.54, 1.807) is 0 Å². The first-order valence-corrected chi connectivity index (χ1v) is 20.5. The van der Waals surface area contributed by atoms with E-state index in [1.165, 1.54) is 33.6 Å². The Morgan fingerprint density at radius 1 is 0.383 bits per heavy atom. The summed E-state index contributed by atoms with van der Waals surface area (Å²) in [6, 6.07) is 67.8. The zero-order valence-corrected chi connectivity index (χ0v) is 34.6. The molecule has 1 aliphatic rings. The van der Waals surface area contributed by atoms with E-state index in [4.69, 9.17) is 4.98 Å². The minimum absolute atomic E-state index is 0.691. The Labute approximate surface area is 354 Å². The van der Waals surface area contributed by atoms with Gasteiger partial charge in [0.1, 0.15) is 0 Å². The normalized spacial score (nSPS) is 12.7. The van der Waals surface area contributed by atoms with Crippen LogP contribution in [0.1, 0.15) is 44.6 Å². The van der Waals surface area contributed by atoms with Gasteiger partial charge in [-0.2, -0.15) is 0 Å². The predicted molar refractivity (Wildman–Crippen MR) is 256 cm³/mol. The van der Waals surface area contributed by atoms with Crippen molar-refractivity contribution in [2.75, 3.05) is 42.9 Å². The molecule has 0 radical (unpaired) electrons. The van der Waals surface area contributed by atoms with Crippen molar-refractivity contribution in [3.05, 3.63) is 239 Å². The summed E-state index contributed by atoms with van der Waals surface area (Å²) in [4.78, 5) is 11.8. The van der Waals surface area contributed by atoms with E-state index in [0.717, 1.165) is 50.6 Å². The van der Waals surface area contributed by atoms with E-state index in [1.807, 2.05) is 12.3 Å². The van der Waals surface area contributed by atoms with Crippen LogP contribution >= 0.6 is 0 Å². The number of benzene rings is 7. The Morgan fingerprint density at radius 2 is 0.783 bits per heavy atom. The summed E-state index contributed by atoms with van der Waals surface area (Å²) in [6.07, 6.45) is 10.8. The minimum Gasteiger partial charge on any atom is -0.378 e. The Hall–Kier alpha value is -7.43. The number of aromatic nitrogens is 1. The standard InChI is InChI=1S/C56H48N4/c1-58(2)46-30-22-41(23-31-46)18-20-43-26-36-51-52-37-27-44(21-19-42-24-32-47(33-25-42)59(3)4)40-54(52)56(53(51)39-43,55-17-11-12-38-57-55)45-28-34-50(35-29-45)60(48-13-7-5-8-14-48)49-15-9-6-10-16-49/h5-40H,1-4H3/b20-18+,21-19+. The molecule has 0 aliphatic heterocycles. The van der Waals surface area contributed by atoms with Gasteiger partial charge in [-0.3, -0.25) is 4.98 Å². The lowest BCUT2D eigenvalue weighted by Crippen LogP contribution is -2.30. The number of anilines is 5. The van der Waals surface area contributed by atoms with Crippen molar-refractivity contribution in [2.24, 2.45) is 0 Å². The van der Waals surface area contributed by atoms with Crippen molar-refractivity contribution >= 4 is 52.7 Å². The molecule has 0 fully saturated rings. The second-order valence-corrected chi connectivity index (χ2v) is 15.8. The maximum Gasteiger partial charge on any atom is 0.0886 e.